The highest BCUT2D eigenvalue weighted by Crippen LogP contribution is 2.06. The maximum atomic E-state index is 11.6. The molecule has 0 atom stereocenters. The molecule has 0 saturated carbocycles. The molecule has 0 aliphatic rings. The SMILES string of the molecule is CCc1cc(NC(=O)CCCNC(C)C)n[nH]1. The summed E-state index contributed by atoms with van der Waals surface area (Å²) in [5.74, 6) is 0.633. The van der Waals surface area contributed by atoms with E-state index in [0.717, 1.165) is 25.1 Å². The third kappa shape index (κ3) is 5.49. The van der Waals surface area contributed by atoms with Crippen molar-refractivity contribution in [1.82, 2.24) is 15.5 Å². The van der Waals surface area contributed by atoms with E-state index in [1.54, 1.807) is 0 Å². The fourth-order valence-corrected chi connectivity index (χ4v) is 1.45. The molecule has 0 aromatic carbocycles. The Balaban J connectivity index is 2.20. The average Bonchev–Trinajstić information content (AvgIpc) is 2.72. The first-order chi connectivity index (χ1) is 8.11. The van der Waals surface area contributed by atoms with E-state index < -0.39 is 0 Å². The van der Waals surface area contributed by atoms with E-state index in [-0.39, 0.29) is 5.91 Å². The lowest BCUT2D eigenvalue weighted by Gasteiger charge is -2.07. The summed E-state index contributed by atoms with van der Waals surface area (Å²) < 4.78 is 0. The molecule has 1 amide bonds. The summed E-state index contributed by atoms with van der Waals surface area (Å²) in [6, 6.07) is 2.33. The van der Waals surface area contributed by atoms with Crippen molar-refractivity contribution < 1.29 is 4.79 Å². The van der Waals surface area contributed by atoms with E-state index in [2.05, 4.69) is 34.7 Å². The molecule has 1 heterocycles. The van der Waals surface area contributed by atoms with Crippen molar-refractivity contribution in [3.63, 3.8) is 0 Å². The van der Waals surface area contributed by atoms with Crippen LogP contribution in [-0.4, -0.2) is 28.7 Å². The highest BCUT2D eigenvalue weighted by molar-refractivity contribution is 5.89. The zero-order chi connectivity index (χ0) is 12.7. The standard InChI is InChI=1S/C12H22N4O/c1-4-10-8-11(16-15-10)14-12(17)6-5-7-13-9(2)3/h8-9,13H,4-7H2,1-3H3,(H2,14,15,16,17). The molecule has 3 N–H and O–H groups in total. The number of rotatable bonds is 7. The van der Waals surface area contributed by atoms with Crippen LogP contribution in [0.15, 0.2) is 6.07 Å². The predicted octanol–water partition coefficient (Wildman–Crippen LogP) is 1.69. The van der Waals surface area contributed by atoms with Crippen molar-refractivity contribution in [2.75, 3.05) is 11.9 Å². The molecule has 0 fully saturated rings. The summed E-state index contributed by atoms with van der Waals surface area (Å²) in [5.41, 5.74) is 1.03. The summed E-state index contributed by atoms with van der Waals surface area (Å²) in [4.78, 5) is 11.6. The molecule has 0 aliphatic heterocycles. The van der Waals surface area contributed by atoms with E-state index in [1.165, 1.54) is 0 Å². The van der Waals surface area contributed by atoms with Gasteiger partial charge < -0.3 is 10.6 Å². The van der Waals surface area contributed by atoms with Crippen LogP contribution >= 0.6 is 0 Å². The molecule has 5 nitrogen and oxygen atoms in total. The summed E-state index contributed by atoms with van der Waals surface area (Å²) in [6.07, 6.45) is 2.25. The lowest BCUT2D eigenvalue weighted by Crippen LogP contribution is -2.24. The van der Waals surface area contributed by atoms with Gasteiger partial charge in [-0.25, -0.2) is 0 Å². The number of H-pyrrole nitrogens is 1. The lowest BCUT2D eigenvalue weighted by molar-refractivity contribution is -0.116. The number of aryl methyl sites for hydroxylation is 1. The Kier molecular flexibility index (Phi) is 5.69. The van der Waals surface area contributed by atoms with Gasteiger partial charge >= 0.3 is 0 Å². The summed E-state index contributed by atoms with van der Waals surface area (Å²) in [7, 11) is 0. The number of nitrogens with one attached hydrogen (secondary N) is 3. The van der Waals surface area contributed by atoms with Gasteiger partial charge in [0.2, 0.25) is 5.91 Å². The van der Waals surface area contributed by atoms with Gasteiger partial charge in [0.1, 0.15) is 0 Å². The van der Waals surface area contributed by atoms with E-state index >= 15 is 0 Å². The normalized spacial score (nSPS) is 10.8. The van der Waals surface area contributed by atoms with Crippen LogP contribution in [0.2, 0.25) is 0 Å². The number of carbonyl (C=O) groups is 1. The first-order valence-electron chi connectivity index (χ1n) is 6.19. The van der Waals surface area contributed by atoms with Crippen LogP contribution in [-0.2, 0) is 11.2 Å². The van der Waals surface area contributed by atoms with Gasteiger partial charge in [-0.2, -0.15) is 5.10 Å². The maximum absolute atomic E-state index is 11.6. The second-order valence-corrected chi connectivity index (χ2v) is 4.39. The smallest absolute Gasteiger partial charge is 0.225 e. The molecule has 0 bridgehead atoms. The number of aromatic amines is 1. The van der Waals surface area contributed by atoms with Crippen LogP contribution < -0.4 is 10.6 Å². The monoisotopic (exact) mass is 238 g/mol. The first-order valence-corrected chi connectivity index (χ1v) is 6.19. The molecular formula is C12H22N4O. The highest BCUT2D eigenvalue weighted by Gasteiger charge is 2.05. The minimum Gasteiger partial charge on any atom is -0.315 e. The minimum atomic E-state index is 0.0182. The molecule has 17 heavy (non-hydrogen) atoms. The summed E-state index contributed by atoms with van der Waals surface area (Å²) in [5, 5.41) is 12.9. The van der Waals surface area contributed by atoms with Gasteiger partial charge in [0.25, 0.3) is 0 Å². The van der Waals surface area contributed by atoms with Crippen LogP contribution in [0.3, 0.4) is 0 Å². The fourth-order valence-electron chi connectivity index (χ4n) is 1.45. The molecular weight excluding hydrogens is 216 g/mol. The zero-order valence-electron chi connectivity index (χ0n) is 10.8. The van der Waals surface area contributed by atoms with Crippen molar-refractivity contribution in [3.8, 4) is 0 Å². The second kappa shape index (κ2) is 7.06. The molecule has 0 aliphatic carbocycles. The lowest BCUT2D eigenvalue weighted by atomic mass is 10.2. The second-order valence-electron chi connectivity index (χ2n) is 4.39. The van der Waals surface area contributed by atoms with E-state index in [0.29, 0.717) is 18.3 Å². The molecule has 0 spiro atoms. The Bertz CT molecular complexity index is 346. The number of amides is 1. The zero-order valence-corrected chi connectivity index (χ0v) is 10.8. The number of nitrogens with zero attached hydrogens (tertiary/aromatic N) is 1. The third-order valence-corrected chi connectivity index (χ3v) is 2.41. The van der Waals surface area contributed by atoms with Gasteiger partial charge in [0, 0.05) is 24.2 Å². The first kappa shape index (κ1) is 13.7. The van der Waals surface area contributed by atoms with Crippen molar-refractivity contribution >= 4 is 11.7 Å². The molecule has 5 heteroatoms. The van der Waals surface area contributed by atoms with Crippen molar-refractivity contribution in [1.29, 1.82) is 0 Å². The van der Waals surface area contributed by atoms with Crippen molar-refractivity contribution in [3.05, 3.63) is 11.8 Å². The van der Waals surface area contributed by atoms with E-state index in [9.17, 15) is 4.79 Å². The van der Waals surface area contributed by atoms with Gasteiger partial charge in [0.05, 0.1) is 0 Å². The number of carbonyl (C=O) groups excluding carboxylic acids is 1. The number of anilines is 1. The summed E-state index contributed by atoms with van der Waals surface area (Å²) >= 11 is 0. The van der Waals surface area contributed by atoms with Crippen LogP contribution in [0.5, 0.6) is 0 Å². The topological polar surface area (TPSA) is 69.8 Å². The maximum Gasteiger partial charge on any atom is 0.225 e. The van der Waals surface area contributed by atoms with Crippen LogP contribution in [0.25, 0.3) is 0 Å². The van der Waals surface area contributed by atoms with E-state index in [1.807, 2.05) is 13.0 Å². The average molecular weight is 238 g/mol. The number of aromatic nitrogens is 2. The third-order valence-electron chi connectivity index (χ3n) is 2.41. The quantitative estimate of drug-likeness (QED) is 0.633. The Labute approximate surface area is 102 Å². The number of hydrogen-bond acceptors (Lipinski definition) is 3. The minimum absolute atomic E-state index is 0.0182. The fraction of sp³-hybridized carbons (Fsp3) is 0.667. The molecule has 1 aromatic heterocycles. The van der Waals surface area contributed by atoms with Gasteiger partial charge in [0.15, 0.2) is 5.82 Å². The van der Waals surface area contributed by atoms with Crippen molar-refractivity contribution in [2.45, 2.75) is 46.1 Å². The van der Waals surface area contributed by atoms with Crippen LogP contribution in [0, 0.1) is 0 Å². The summed E-state index contributed by atoms with van der Waals surface area (Å²) in [6.45, 7) is 7.09. The van der Waals surface area contributed by atoms with E-state index in [4.69, 9.17) is 0 Å². The molecule has 1 aromatic rings. The Morgan fingerprint density at radius 1 is 1.53 bits per heavy atom. The predicted molar refractivity (Wildman–Crippen MR) is 69.0 cm³/mol. The highest BCUT2D eigenvalue weighted by atomic mass is 16.1. The molecule has 0 radical (unpaired) electrons. The van der Waals surface area contributed by atoms with Gasteiger partial charge in [-0.1, -0.05) is 20.8 Å². The van der Waals surface area contributed by atoms with Gasteiger partial charge in [-0.15, -0.1) is 0 Å². The molecule has 0 unspecified atom stereocenters. The number of hydrogen-bond donors (Lipinski definition) is 3. The molecule has 0 saturated heterocycles. The van der Waals surface area contributed by atoms with Crippen molar-refractivity contribution in [2.24, 2.45) is 0 Å². The molecule has 96 valence electrons. The Hall–Kier alpha value is -1.36. The Morgan fingerprint density at radius 2 is 2.29 bits per heavy atom. The Morgan fingerprint density at radius 3 is 2.88 bits per heavy atom. The molecule has 1 rings (SSSR count). The largest absolute Gasteiger partial charge is 0.315 e. The van der Waals surface area contributed by atoms with Crippen LogP contribution in [0.4, 0.5) is 5.82 Å². The van der Waals surface area contributed by atoms with Crippen LogP contribution in [0.1, 0.15) is 39.3 Å². The van der Waals surface area contributed by atoms with Gasteiger partial charge in [-0.3, -0.25) is 9.89 Å². The van der Waals surface area contributed by atoms with Gasteiger partial charge in [-0.05, 0) is 19.4 Å².